The van der Waals surface area contributed by atoms with Crippen molar-refractivity contribution in [2.24, 2.45) is 0 Å². The van der Waals surface area contributed by atoms with Crippen molar-refractivity contribution < 1.29 is 5.11 Å². The predicted molar refractivity (Wildman–Crippen MR) is 79.4 cm³/mol. The van der Waals surface area contributed by atoms with Gasteiger partial charge in [-0.15, -0.1) is 0 Å². The van der Waals surface area contributed by atoms with E-state index in [-0.39, 0.29) is 6.61 Å². The highest BCUT2D eigenvalue weighted by Crippen LogP contribution is 2.11. The lowest BCUT2D eigenvalue weighted by atomic mass is 10.2. The molecule has 0 radical (unpaired) electrons. The van der Waals surface area contributed by atoms with Gasteiger partial charge in [-0.2, -0.15) is 0 Å². The Bertz CT molecular complexity index is 501. The molecule has 1 aromatic carbocycles. The summed E-state index contributed by atoms with van der Waals surface area (Å²) in [7, 11) is 1.89. The molecule has 2 aromatic rings. The minimum atomic E-state index is 0.0778. The van der Waals surface area contributed by atoms with Crippen molar-refractivity contribution in [2.75, 3.05) is 25.1 Å². The topological polar surface area (TPSA) is 61.3 Å². The zero-order chi connectivity index (χ0) is 14.2. The van der Waals surface area contributed by atoms with Gasteiger partial charge in [-0.25, -0.2) is 9.97 Å². The predicted octanol–water partition coefficient (Wildman–Crippen LogP) is 1.19. The second-order valence-electron chi connectivity index (χ2n) is 4.55. The summed E-state index contributed by atoms with van der Waals surface area (Å²) in [5.74, 6) is 0.641. The van der Waals surface area contributed by atoms with Crippen LogP contribution in [0.15, 0.2) is 42.7 Å². The normalized spacial score (nSPS) is 10.5. The van der Waals surface area contributed by atoms with Gasteiger partial charge in [-0.1, -0.05) is 30.3 Å². The van der Waals surface area contributed by atoms with Gasteiger partial charge in [0.25, 0.3) is 0 Å². The Morgan fingerprint density at radius 3 is 2.40 bits per heavy atom. The van der Waals surface area contributed by atoms with Gasteiger partial charge in [-0.3, -0.25) is 0 Å². The van der Waals surface area contributed by atoms with Crippen LogP contribution in [0.1, 0.15) is 11.1 Å². The van der Waals surface area contributed by atoms with Crippen LogP contribution in [0.3, 0.4) is 0 Å². The summed E-state index contributed by atoms with van der Waals surface area (Å²) in [6.07, 6.45) is 3.63. The average molecular weight is 272 g/mol. The highest BCUT2D eigenvalue weighted by molar-refractivity contribution is 5.32. The molecule has 0 amide bonds. The molecule has 0 bridgehead atoms. The van der Waals surface area contributed by atoms with Crippen LogP contribution in [0.2, 0.25) is 0 Å². The maximum atomic E-state index is 9.21. The molecule has 0 aliphatic carbocycles. The summed E-state index contributed by atoms with van der Waals surface area (Å²) >= 11 is 0. The monoisotopic (exact) mass is 272 g/mol. The van der Waals surface area contributed by atoms with E-state index in [1.54, 1.807) is 0 Å². The second kappa shape index (κ2) is 7.57. The third-order valence-corrected chi connectivity index (χ3v) is 2.94. The van der Waals surface area contributed by atoms with Gasteiger partial charge in [0, 0.05) is 37.6 Å². The summed E-state index contributed by atoms with van der Waals surface area (Å²) in [6.45, 7) is 2.03. The molecule has 1 aromatic heterocycles. The molecule has 0 unspecified atom stereocenters. The van der Waals surface area contributed by atoms with E-state index in [9.17, 15) is 5.11 Å². The fourth-order valence-corrected chi connectivity index (χ4v) is 1.98. The number of aromatic nitrogens is 2. The molecule has 2 rings (SSSR count). The van der Waals surface area contributed by atoms with Crippen molar-refractivity contribution in [2.45, 2.75) is 13.1 Å². The average Bonchev–Trinajstić information content (AvgIpc) is 2.49. The van der Waals surface area contributed by atoms with Gasteiger partial charge in [-0.05, 0) is 12.6 Å². The van der Waals surface area contributed by atoms with E-state index >= 15 is 0 Å². The molecule has 2 N–H and O–H groups in total. The Balaban J connectivity index is 2.11. The highest BCUT2D eigenvalue weighted by atomic mass is 16.3. The van der Waals surface area contributed by atoms with Crippen molar-refractivity contribution in [3.63, 3.8) is 0 Å². The molecule has 0 saturated heterocycles. The zero-order valence-corrected chi connectivity index (χ0v) is 11.7. The van der Waals surface area contributed by atoms with Gasteiger partial charge in [0.2, 0.25) is 5.95 Å². The van der Waals surface area contributed by atoms with E-state index in [1.165, 1.54) is 5.56 Å². The van der Waals surface area contributed by atoms with Crippen LogP contribution in [-0.4, -0.2) is 35.3 Å². The van der Waals surface area contributed by atoms with E-state index in [0.29, 0.717) is 19.0 Å². The third-order valence-electron chi connectivity index (χ3n) is 2.94. The van der Waals surface area contributed by atoms with Crippen LogP contribution in [0.25, 0.3) is 0 Å². The maximum Gasteiger partial charge on any atom is 0.225 e. The Kier molecular flexibility index (Phi) is 5.46. The molecule has 106 valence electrons. The SMILES string of the molecule is CNCc1cnc(N(CCO)Cc2ccccc2)nc1. The van der Waals surface area contributed by atoms with E-state index in [1.807, 2.05) is 42.5 Å². The van der Waals surface area contributed by atoms with Gasteiger partial charge in [0.05, 0.1) is 6.61 Å². The van der Waals surface area contributed by atoms with Crippen LogP contribution in [0, 0.1) is 0 Å². The van der Waals surface area contributed by atoms with Crippen LogP contribution >= 0.6 is 0 Å². The third kappa shape index (κ3) is 4.01. The van der Waals surface area contributed by atoms with Crippen molar-refractivity contribution in [3.05, 3.63) is 53.9 Å². The van der Waals surface area contributed by atoms with Crippen molar-refractivity contribution in [3.8, 4) is 0 Å². The summed E-state index contributed by atoms with van der Waals surface area (Å²) in [4.78, 5) is 10.7. The number of nitrogens with zero attached hydrogens (tertiary/aromatic N) is 3. The first-order valence-electron chi connectivity index (χ1n) is 6.68. The number of aliphatic hydroxyl groups excluding tert-OH is 1. The Hall–Kier alpha value is -1.98. The number of hydrogen-bond acceptors (Lipinski definition) is 5. The fourth-order valence-electron chi connectivity index (χ4n) is 1.98. The van der Waals surface area contributed by atoms with Crippen molar-refractivity contribution in [1.29, 1.82) is 0 Å². The van der Waals surface area contributed by atoms with Crippen LogP contribution in [-0.2, 0) is 13.1 Å². The lowest BCUT2D eigenvalue weighted by Crippen LogP contribution is -2.28. The molecule has 0 spiro atoms. The van der Waals surface area contributed by atoms with Gasteiger partial charge in [0.1, 0.15) is 0 Å². The van der Waals surface area contributed by atoms with Crippen LogP contribution < -0.4 is 10.2 Å². The van der Waals surface area contributed by atoms with E-state index in [0.717, 1.165) is 12.1 Å². The first-order chi connectivity index (χ1) is 9.83. The fraction of sp³-hybridized carbons (Fsp3) is 0.333. The number of hydrogen-bond donors (Lipinski definition) is 2. The Morgan fingerprint density at radius 2 is 1.80 bits per heavy atom. The van der Waals surface area contributed by atoms with Gasteiger partial charge < -0.3 is 15.3 Å². The maximum absolute atomic E-state index is 9.21. The lowest BCUT2D eigenvalue weighted by molar-refractivity contribution is 0.300. The lowest BCUT2D eigenvalue weighted by Gasteiger charge is -2.21. The summed E-state index contributed by atoms with van der Waals surface area (Å²) in [6, 6.07) is 10.1. The number of nitrogens with one attached hydrogen (secondary N) is 1. The summed E-state index contributed by atoms with van der Waals surface area (Å²) < 4.78 is 0. The van der Waals surface area contributed by atoms with E-state index in [2.05, 4.69) is 27.4 Å². The van der Waals surface area contributed by atoms with Crippen LogP contribution in [0.4, 0.5) is 5.95 Å². The van der Waals surface area contributed by atoms with Gasteiger partial charge in [0.15, 0.2) is 0 Å². The number of benzene rings is 1. The molecule has 0 aliphatic heterocycles. The van der Waals surface area contributed by atoms with Gasteiger partial charge >= 0.3 is 0 Å². The van der Waals surface area contributed by atoms with Crippen molar-refractivity contribution >= 4 is 5.95 Å². The molecule has 20 heavy (non-hydrogen) atoms. The molecule has 5 heteroatoms. The molecule has 0 atom stereocenters. The Labute approximate surface area is 119 Å². The Morgan fingerprint density at radius 1 is 1.10 bits per heavy atom. The zero-order valence-electron chi connectivity index (χ0n) is 11.7. The molecule has 0 saturated carbocycles. The van der Waals surface area contributed by atoms with E-state index in [4.69, 9.17) is 0 Å². The molecule has 0 fully saturated rings. The van der Waals surface area contributed by atoms with Crippen molar-refractivity contribution in [1.82, 2.24) is 15.3 Å². The molecule has 0 aliphatic rings. The largest absolute Gasteiger partial charge is 0.395 e. The van der Waals surface area contributed by atoms with E-state index < -0.39 is 0 Å². The number of aliphatic hydroxyl groups is 1. The van der Waals surface area contributed by atoms with Crippen LogP contribution in [0.5, 0.6) is 0 Å². The number of rotatable bonds is 7. The minimum Gasteiger partial charge on any atom is -0.395 e. The molecule has 5 nitrogen and oxygen atoms in total. The number of anilines is 1. The smallest absolute Gasteiger partial charge is 0.225 e. The molecular weight excluding hydrogens is 252 g/mol. The highest BCUT2D eigenvalue weighted by Gasteiger charge is 2.09. The molecular formula is C15H20N4O. The first kappa shape index (κ1) is 14.4. The quantitative estimate of drug-likeness (QED) is 0.793. The summed E-state index contributed by atoms with van der Waals surface area (Å²) in [5.41, 5.74) is 2.21. The molecule has 1 heterocycles. The first-order valence-corrected chi connectivity index (χ1v) is 6.68. The minimum absolute atomic E-state index is 0.0778. The second-order valence-corrected chi connectivity index (χ2v) is 4.55. The summed E-state index contributed by atoms with van der Waals surface area (Å²) in [5, 5.41) is 12.3. The standard InChI is InChI=1S/C15H20N4O/c1-16-9-14-10-17-15(18-11-14)19(7-8-20)12-13-5-3-2-4-6-13/h2-6,10-11,16,20H,7-9,12H2,1H3.